The van der Waals surface area contributed by atoms with Gasteiger partial charge >= 0.3 is 0 Å². The zero-order valence-corrected chi connectivity index (χ0v) is 18.7. The molecule has 1 unspecified atom stereocenters. The Balaban J connectivity index is 1.76. The summed E-state index contributed by atoms with van der Waals surface area (Å²) >= 11 is 0. The quantitative estimate of drug-likeness (QED) is 0.498. The van der Waals surface area contributed by atoms with Gasteiger partial charge < -0.3 is 20.1 Å². The Morgan fingerprint density at radius 1 is 1.03 bits per heavy atom. The summed E-state index contributed by atoms with van der Waals surface area (Å²) in [5.74, 6) is 1.33. The first-order valence-electron chi connectivity index (χ1n) is 10.1. The lowest BCUT2D eigenvalue weighted by Crippen LogP contribution is -2.47. The van der Waals surface area contributed by atoms with Crippen LogP contribution in [0.2, 0.25) is 0 Å². The molecule has 32 heavy (non-hydrogen) atoms. The molecule has 168 valence electrons. The van der Waals surface area contributed by atoms with Crippen LogP contribution >= 0.6 is 0 Å². The van der Waals surface area contributed by atoms with Crippen molar-refractivity contribution in [2.75, 3.05) is 19.5 Å². The van der Waals surface area contributed by atoms with Gasteiger partial charge in [0.25, 0.3) is 5.91 Å². The van der Waals surface area contributed by atoms with Crippen molar-refractivity contribution in [3.63, 3.8) is 0 Å². The smallest absolute Gasteiger partial charge is 0.252 e. The van der Waals surface area contributed by atoms with Gasteiger partial charge in [0, 0.05) is 22.9 Å². The molecule has 0 fully saturated rings. The summed E-state index contributed by atoms with van der Waals surface area (Å²) in [7, 11) is 3.02. The molecule has 0 radical (unpaired) electrons. The number of carbonyl (C=O) groups excluding carboxylic acids is 2. The molecule has 0 spiro atoms. The second-order valence-corrected chi connectivity index (χ2v) is 7.61. The first-order chi connectivity index (χ1) is 15.3. The van der Waals surface area contributed by atoms with Crippen LogP contribution in [0.25, 0.3) is 11.4 Å². The van der Waals surface area contributed by atoms with Crippen molar-refractivity contribution in [3.8, 4) is 22.9 Å². The lowest BCUT2D eigenvalue weighted by Gasteiger charge is -2.22. The molecule has 3 rings (SSSR count). The number of ether oxygens (including phenoxy) is 2. The van der Waals surface area contributed by atoms with Crippen molar-refractivity contribution in [3.05, 3.63) is 53.9 Å². The zero-order chi connectivity index (χ0) is 23.3. The standard InChI is InChI=1S/C23H27N5O4/c1-13(2)20(26-22(29)16-10-18(31-4)12-19(11-16)32-5)23(30)25-17-8-6-7-15(9-17)21-24-14(3)27-28-21/h6-13,20H,1-5H3,(H,25,30)(H,26,29)(H,24,27,28). The van der Waals surface area contributed by atoms with Gasteiger partial charge in [-0.2, -0.15) is 5.10 Å². The zero-order valence-electron chi connectivity index (χ0n) is 18.7. The lowest BCUT2D eigenvalue weighted by atomic mass is 10.0. The Kier molecular flexibility index (Phi) is 7.09. The third-order valence-corrected chi connectivity index (χ3v) is 4.83. The highest BCUT2D eigenvalue weighted by molar-refractivity contribution is 6.01. The topological polar surface area (TPSA) is 118 Å². The number of rotatable bonds is 8. The Morgan fingerprint density at radius 2 is 1.72 bits per heavy atom. The minimum Gasteiger partial charge on any atom is -0.497 e. The van der Waals surface area contributed by atoms with Crippen LogP contribution in [0.1, 0.15) is 30.0 Å². The van der Waals surface area contributed by atoms with Gasteiger partial charge in [0.1, 0.15) is 23.4 Å². The van der Waals surface area contributed by atoms with E-state index < -0.39 is 11.9 Å². The average molecular weight is 438 g/mol. The molecule has 0 saturated carbocycles. The summed E-state index contributed by atoms with van der Waals surface area (Å²) in [6.07, 6.45) is 0. The third kappa shape index (κ3) is 5.42. The molecule has 0 aliphatic carbocycles. The van der Waals surface area contributed by atoms with E-state index in [-0.39, 0.29) is 11.8 Å². The monoisotopic (exact) mass is 437 g/mol. The minimum atomic E-state index is -0.755. The normalized spacial score (nSPS) is 11.7. The molecular weight excluding hydrogens is 410 g/mol. The summed E-state index contributed by atoms with van der Waals surface area (Å²) < 4.78 is 10.4. The predicted molar refractivity (Wildman–Crippen MR) is 121 cm³/mol. The van der Waals surface area contributed by atoms with Gasteiger partial charge in [-0.1, -0.05) is 26.0 Å². The maximum atomic E-state index is 13.0. The lowest BCUT2D eigenvalue weighted by molar-refractivity contribution is -0.118. The van der Waals surface area contributed by atoms with Gasteiger partial charge in [0.15, 0.2) is 5.82 Å². The number of nitrogens with one attached hydrogen (secondary N) is 3. The fourth-order valence-corrected chi connectivity index (χ4v) is 3.13. The average Bonchev–Trinajstić information content (AvgIpc) is 3.23. The Morgan fingerprint density at radius 3 is 2.28 bits per heavy atom. The number of aryl methyl sites for hydroxylation is 1. The summed E-state index contributed by atoms with van der Waals surface area (Å²) in [5, 5.41) is 12.6. The van der Waals surface area contributed by atoms with E-state index in [2.05, 4.69) is 25.8 Å². The molecule has 3 aromatic rings. The van der Waals surface area contributed by atoms with Gasteiger partial charge in [-0.3, -0.25) is 14.7 Å². The summed E-state index contributed by atoms with van der Waals surface area (Å²) in [4.78, 5) is 30.2. The molecule has 3 N–H and O–H groups in total. The van der Waals surface area contributed by atoms with Gasteiger partial charge in [0.05, 0.1) is 14.2 Å². The first-order valence-corrected chi connectivity index (χ1v) is 10.1. The minimum absolute atomic E-state index is 0.148. The molecular formula is C23H27N5O4. The van der Waals surface area contributed by atoms with Crippen molar-refractivity contribution in [1.29, 1.82) is 0 Å². The Bertz CT molecular complexity index is 1090. The van der Waals surface area contributed by atoms with Gasteiger partial charge in [-0.25, -0.2) is 4.98 Å². The number of benzene rings is 2. The SMILES string of the molecule is COc1cc(OC)cc(C(=O)NC(C(=O)Nc2cccc(-c3n[nH]c(C)n3)c2)C(C)C)c1. The number of hydrogen-bond acceptors (Lipinski definition) is 6. The molecule has 2 amide bonds. The number of hydrogen-bond donors (Lipinski definition) is 3. The van der Waals surface area contributed by atoms with Crippen LogP contribution < -0.4 is 20.1 Å². The van der Waals surface area contributed by atoms with E-state index in [1.807, 2.05) is 32.9 Å². The Hall–Kier alpha value is -3.88. The highest BCUT2D eigenvalue weighted by Gasteiger charge is 2.25. The second kappa shape index (κ2) is 9.95. The molecule has 2 aromatic carbocycles. The maximum Gasteiger partial charge on any atom is 0.252 e. The van der Waals surface area contributed by atoms with Gasteiger partial charge in [-0.15, -0.1) is 0 Å². The third-order valence-electron chi connectivity index (χ3n) is 4.83. The fraction of sp³-hybridized carbons (Fsp3) is 0.304. The van der Waals surface area contributed by atoms with Gasteiger partial charge in [-0.05, 0) is 37.1 Å². The van der Waals surface area contributed by atoms with E-state index >= 15 is 0 Å². The van der Waals surface area contributed by atoms with E-state index in [0.29, 0.717) is 34.4 Å². The van der Waals surface area contributed by atoms with Crippen molar-refractivity contribution in [2.45, 2.75) is 26.8 Å². The van der Waals surface area contributed by atoms with E-state index in [9.17, 15) is 9.59 Å². The fourth-order valence-electron chi connectivity index (χ4n) is 3.13. The highest BCUT2D eigenvalue weighted by atomic mass is 16.5. The summed E-state index contributed by atoms with van der Waals surface area (Å²) in [5.41, 5.74) is 1.68. The van der Waals surface area contributed by atoms with Crippen LogP contribution in [0.3, 0.4) is 0 Å². The molecule has 9 heteroatoms. The molecule has 0 aliphatic rings. The number of methoxy groups -OCH3 is 2. The number of anilines is 1. The summed E-state index contributed by atoms with van der Waals surface area (Å²) in [6, 6.07) is 11.3. The van der Waals surface area contributed by atoms with Crippen LogP contribution in [0, 0.1) is 12.8 Å². The van der Waals surface area contributed by atoms with E-state index in [1.54, 1.807) is 30.3 Å². The van der Waals surface area contributed by atoms with E-state index in [0.717, 1.165) is 5.56 Å². The molecule has 9 nitrogen and oxygen atoms in total. The van der Waals surface area contributed by atoms with Gasteiger partial charge in [0.2, 0.25) is 5.91 Å². The molecule has 0 bridgehead atoms. The molecule has 1 heterocycles. The van der Waals surface area contributed by atoms with Crippen LogP contribution in [-0.4, -0.2) is 47.3 Å². The number of amides is 2. The van der Waals surface area contributed by atoms with Crippen LogP contribution in [-0.2, 0) is 4.79 Å². The molecule has 0 aliphatic heterocycles. The van der Waals surface area contributed by atoms with E-state index in [1.165, 1.54) is 14.2 Å². The maximum absolute atomic E-state index is 13.0. The predicted octanol–water partition coefficient (Wildman–Crippen LogP) is 3.19. The van der Waals surface area contributed by atoms with Crippen molar-refractivity contribution >= 4 is 17.5 Å². The number of nitrogens with zero attached hydrogens (tertiary/aromatic N) is 2. The van der Waals surface area contributed by atoms with Crippen molar-refractivity contribution in [2.24, 2.45) is 5.92 Å². The number of carbonyl (C=O) groups is 2. The highest BCUT2D eigenvalue weighted by Crippen LogP contribution is 2.23. The van der Waals surface area contributed by atoms with Crippen molar-refractivity contribution in [1.82, 2.24) is 20.5 Å². The second-order valence-electron chi connectivity index (χ2n) is 7.61. The summed E-state index contributed by atoms with van der Waals surface area (Å²) in [6.45, 7) is 5.54. The molecule has 0 saturated heterocycles. The van der Waals surface area contributed by atoms with E-state index in [4.69, 9.17) is 9.47 Å². The number of aromatic nitrogens is 3. The Labute approximate surface area is 186 Å². The largest absolute Gasteiger partial charge is 0.497 e. The molecule has 1 aromatic heterocycles. The molecule has 1 atom stereocenters. The van der Waals surface area contributed by atoms with Crippen molar-refractivity contribution < 1.29 is 19.1 Å². The van der Waals surface area contributed by atoms with Crippen LogP contribution in [0.4, 0.5) is 5.69 Å². The number of H-pyrrole nitrogens is 1. The number of aromatic amines is 1. The first kappa shape index (κ1) is 22.8. The van der Waals surface area contributed by atoms with Crippen LogP contribution in [0.15, 0.2) is 42.5 Å². The van der Waals surface area contributed by atoms with Crippen LogP contribution in [0.5, 0.6) is 11.5 Å².